The molecule has 0 radical (unpaired) electrons. The van der Waals surface area contributed by atoms with Crippen LogP contribution in [0.3, 0.4) is 0 Å². The van der Waals surface area contributed by atoms with Crippen molar-refractivity contribution in [2.24, 2.45) is 5.73 Å². The molecule has 7 heteroatoms. The van der Waals surface area contributed by atoms with Gasteiger partial charge in [0.1, 0.15) is 5.01 Å². The average molecular weight is 336 g/mol. The molecule has 0 saturated carbocycles. The number of halogens is 2. The van der Waals surface area contributed by atoms with Gasteiger partial charge in [-0.1, -0.05) is 12.1 Å². The van der Waals surface area contributed by atoms with Crippen LogP contribution in [0.15, 0.2) is 24.3 Å². The summed E-state index contributed by atoms with van der Waals surface area (Å²) in [7, 11) is 1.81. The lowest BCUT2D eigenvalue weighted by atomic mass is 10.3. The Morgan fingerprint density at radius 2 is 2.05 bits per heavy atom. The van der Waals surface area contributed by atoms with Crippen LogP contribution in [0, 0.1) is 0 Å². The van der Waals surface area contributed by atoms with E-state index in [-0.39, 0.29) is 30.7 Å². The smallest absolute Gasteiger partial charge is 0.222 e. The monoisotopic (exact) mass is 335 g/mol. The first-order valence-corrected chi connectivity index (χ1v) is 6.81. The lowest BCUT2D eigenvalue weighted by molar-refractivity contribution is -0.130. The van der Waals surface area contributed by atoms with Gasteiger partial charge >= 0.3 is 0 Å². The summed E-state index contributed by atoms with van der Waals surface area (Å²) < 4.78 is 1.16. The van der Waals surface area contributed by atoms with Crippen molar-refractivity contribution in [3.63, 3.8) is 0 Å². The molecule has 2 N–H and O–H groups in total. The summed E-state index contributed by atoms with van der Waals surface area (Å²) in [5.74, 6) is 0.125. The van der Waals surface area contributed by atoms with Gasteiger partial charge in [-0.15, -0.1) is 36.2 Å². The molecule has 1 amide bonds. The van der Waals surface area contributed by atoms with E-state index in [0.29, 0.717) is 19.5 Å². The summed E-state index contributed by atoms with van der Waals surface area (Å²) in [4.78, 5) is 18.0. The zero-order chi connectivity index (χ0) is 13.0. The summed E-state index contributed by atoms with van der Waals surface area (Å²) in [5.41, 5.74) is 6.40. The van der Waals surface area contributed by atoms with Gasteiger partial charge in [-0.3, -0.25) is 4.79 Å². The highest BCUT2D eigenvalue weighted by molar-refractivity contribution is 7.18. The van der Waals surface area contributed by atoms with Gasteiger partial charge in [-0.05, 0) is 25.1 Å². The quantitative estimate of drug-likeness (QED) is 0.913. The van der Waals surface area contributed by atoms with Gasteiger partial charge in [-0.2, -0.15) is 0 Å². The van der Waals surface area contributed by atoms with Crippen LogP contribution in [0.1, 0.15) is 17.8 Å². The van der Waals surface area contributed by atoms with E-state index >= 15 is 0 Å². The molecule has 112 valence electrons. The van der Waals surface area contributed by atoms with Crippen LogP contribution in [-0.4, -0.2) is 29.4 Å². The third-order valence-corrected chi connectivity index (χ3v) is 3.75. The van der Waals surface area contributed by atoms with Crippen LogP contribution in [0.5, 0.6) is 0 Å². The summed E-state index contributed by atoms with van der Waals surface area (Å²) in [6.45, 7) is 1.13. The molecule has 0 aliphatic heterocycles. The van der Waals surface area contributed by atoms with Crippen LogP contribution in [-0.2, 0) is 11.3 Å². The van der Waals surface area contributed by atoms with E-state index in [1.807, 2.05) is 31.3 Å². The second kappa shape index (κ2) is 9.13. The fourth-order valence-corrected chi connectivity index (χ4v) is 2.74. The maximum Gasteiger partial charge on any atom is 0.222 e. The number of hydrogen-bond donors (Lipinski definition) is 1. The lowest BCUT2D eigenvalue weighted by Gasteiger charge is -2.15. The number of fused-ring (bicyclic) bond motifs is 1. The Hall–Kier alpha value is -0.880. The Balaban J connectivity index is 0.00000180. The normalized spacial score (nSPS) is 9.70. The predicted octanol–water partition coefficient (Wildman–Crippen LogP) is 2.84. The molecule has 1 heterocycles. The van der Waals surface area contributed by atoms with Crippen LogP contribution in [0.25, 0.3) is 10.2 Å². The highest BCUT2D eigenvalue weighted by Crippen LogP contribution is 2.22. The number of carbonyl (C=O) groups excluding carboxylic acids is 1. The fraction of sp³-hybridized carbons (Fsp3) is 0.385. The number of carbonyl (C=O) groups is 1. The maximum absolute atomic E-state index is 11.8. The van der Waals surface area contributed by atoms with Crippen molar-refractivity contribution >= 4 is 52.3 Å². The molecule has 0 aliphatic rings. The van der Waals surface area contributed by atoms with Gasteiger partial charge in [0.2, 0.25) is 5.91 Å². The number of nitrogens with zero attached hydrogens (tertiary/aromatic N) is 2. The minimum absolute atomic E-state index is 0. The number of thiazole rings is 1. The highest BCUT2D eigenvalue weighted by atomic mass is 35.5. The standard InChI is InChI=1S/C13H17N3OS.2ClH/c1-16(13(17)7-4-8-14)9-12-15-10-5-2-3-6-11(10)18-12;;/h2-3,5-6H,4,7-9,14H2,1H3;2*1H. The molecule has 2 rings (SSSR count). The van der Waals surface area contributed by atoms with E-state index in [9.17, 15) is 4.79 Å². The third-order valence-electron chi connectivity index (χ3n) is 2.73. The van der Waals surface area contributed by atoms with E-state index < -0.39 is 0 Å². The lowest BCUT2D eigenvalue weighted by Crippen LogP contribution is -2.26. The van der Waals surface area contributed by atoms with Crippen molar-refractivity contribution in [1.82, 2.24) is 9.88 Å². The molecular weight excluding hydrogens is 317 g/mol. The molecular formula is C13H19Cl2N3OS. The topological polar surface area (TPSA) is 59.2 Å². The van der Waals surface area contributed by atoms with Crippen molar-refractivity contribution in [1.29, 1.82) is 0 Å². The van der Waals surface area contributed by atoms with Gasteiger partial charge in [0.05, 0.1) is 16.8 Å². The minimum atomic E-state index is 0. The number of aromatic nitrogens is 1. The Kier molecular flexibility index (Phi) is 8.73. The minimum Gasteiger partial charge on any atom is -0.339 e. The van der Waals surface area contributed by atoms with Crippen LogP contribution < -0.4 is 5.73 Å². The Labute approximate surface area is 135 Å². The highest BCUT2D eigenvalue weighted by Gasteiger charge is 2.11. The summed E-state index contributed by atoms with van der Waals surface area (Å²) in [5, 5.41) is 0.972. The number of nitrogens with two attached hydrogens (primary N) is 1. The fourth-order valence-electron chi connectivity index (χ4n) is 1.72. The van der Waals surface area contributed by atoms with E-state index in [4.69, 9.17) is 5.73 Å². The van der Waals surface area contributed by atoms with E-state index in [0.717, 1.165) is 21.6 Å². The number of hydrogen-bond acceptors (Lipinski definition) is 4. The van der Waals surface area contributed by atoms with Gasteiger partial charge < -0.3 is 10.6 Å². The summed E-state index contributed by atoms with van der Waals surface area (Å²) >= 11 is 1.64. The van der Waals surface area contributed by atoms with Gasteiger partial charge in [-0.25, -0.2) is 4.98 Å². The van der Waals surface area contributed by atoms with E-state index in [1.54, 1.807) is 16.2 Å². The number of amides is 1. The molecule has 0 aliphatic carbocycles. The Bertz CT molecular complexity index is 514. The molecule has 0 fully saturated rings. The molecule has 0 saturated heterocycles. The molecule has 0 bridgehead atoms. The van der Waals surface area contributed by atoms with Crippen molar-refractivity contribution < 1.29 is 4.79 Å². The first-order valence-electron chi connectivity index (χ1n) is 5.99. The predicted molar refractivity (Wildman–Crippen MR) is 88.9 cm³/mol. The van der Waals surface area contributed by atoms with Crippen molar-refractivity contribution in [2.75, 3.05) is 13.6 Å². The zero-order valence-electron chi connectivity index (χ0n) is 11.2. The van der Waals surface area contributed by atoms with E-state index in [2.05, 4.69) is 4.98 Å². The SMILES string of the molecule is CN(Cc1nc2ccccc2s1)C(=O)CCCN.Cl.Cl. The molecule has 0 atom stereocenters. The number of para-hydroxylation sites is 1. The average Bonchev–Trinajstić information content (AvgIpc) is 2.77. The largest absolute Gasteiger partial charge is 0.339 e. The second-order valence-electron chi connectivity index (χ2n) is 4.22. The van der Waals surface area contributed by atoms with Crippen LogP contribution >= 0.6 is 36.2 Å². The molecule has 20 heavy (non-hydrogen) atoms. The molecule has 1 aromatic carbocycles. The van der Waals surface area contributed by atoms with E-state index in [1.165, 1.54) is 0 Å². The van der Waals surface area contributed by atoms with Crippen molar-refractivity contribution in [3.8, 4) is 0 Å². The van der Waals surface area contributed by atoms with Crippen LogP contribution in [0.4, 0.5) is 0 Å². The Morgan fingerprint density at radius 3 is 2.70 bits per heavy atom. The first-order chi connectivity index (χ1) is 8.70. The maximum atomic E-state index is 11.8. The number of rotatable bonds is 5. The van der Waals surface area contributed by atoms with Gasteiger partial charge in [0, 0.05) is 13.5 Å². The summed E-state index contributed by atoms with van der Waals surface area (Å²) in [6, 6.07) is 8.01. The Morgan fingerprint density at radius 1 is 1.35 bits per heavy atom. The summed E-state index contributed by atoms with van der Waals surface area (Å²) in [6.07, 6.45) is 1.25. The second-order valence-corrected chi connectivity index (χ2v) is 5.33. The number of benzene rings is 1. The zero-order valence-corrected chi connectivity index (χ0v) is 13.7. The molecule has 0 unspecified atom stereocenters. The van der Waals surface area contributed by atoms with Gasteiger partial charge in [0.25, 0.3) is 0 Å². The molecule has 4 nitrogen and oxygen atoms in total. The third kappa shape index (κ3) is 4.90. The van der Waals surface area contributed by atoms with Crippen LogP contribution in [0.2, 0.25) is 0 Å². The van der Waals surface area contributed by atoms with Crippen molar-refractivity contribution in [2.45, 2.75) is 19.4 Å². The van der Waals surface area contributed by atoms with Gasteiger partial charge in [0.15, 0.2) is 0 Å². The molecule has 2 aromatic rings. The molecule has 0 spiro atoms. The van der Waals surface area contributed by atoms with Crippen molar-refractivity contribution in [3.05, 3.63) is 29.3 Å². The molecule has 1 aromatic heterocycles. The first kappa shape index (κ1) is 19.1.